The second kappa shape index (κ2) is 2.93. The van der Waals surface area contributed by atoms with Crippen LogP contribution in [0.15, 0.2) is 27.8 Å². The number of carbonyl (C=O) groups is 1. The first-order chi connectivity index (χ1) is 6.27. The minimum absolute atomic E-state index is 0.0748. The number of hydrogen-bond acceptors (Lipinski definition) is 4. The van der Waals surface area contributed by atoms with Crippen LogP contribution in [0.3, 0.4) is 0 Å². The van der Waals surface area contributed by atoms with Crippen LogP contribution in [0.1, 0.15) is 5.76 Å². The lowest BCUT2D eigenvalue weighted by Gasteiger charge is -1.95. The van der Waals surface area contributed by atoms with Crippen molar-refractivity contribution in [3.8, 4) is 0 Å². The molecule has 1 atom stereocenters. The highest BCUT2D eigenvalue weighted by Crippen LogP contribution is 2.12. The number of aliphatic carboxylic acids is 1. The summed E-state index contributed by atoms with van der Waals surface area (Å²) < 4.78 is 10.0. The maximum absolute atomic E-state index is 10.5. The molecule has 0 aliphatic carbocycles. The van der Waals surface area contributed by atoms with Gasteiger partial charge in [0.2, 0.25) is 0 Å². The molecule has 1 aromatic heterocycles. The van der Waals surface area contributed by atoms with Gasteiger partial charge in [-0.3, -0.25) is 0 Å². The van der Waals surface area contributed by atoms with Crippen molar-refractivity contribution in [2.75, 3.05) is 6.61 Å². The van der Waals surface area contributed by atoms with E-state index in [2.05, 4.69) is 4.99 Å². The molecule has 1 N–H and O–H groups in total. The van der Waals surface area contributed by atoms with E-state index in [-0.39, 0.29) is 12.5 Å². The van der Waals surface area contributed by atoms with Crippen LogP contribution in [-0.4, -0.2) is 29.6 Å². The summed E-state index contributed by atoms with van der Waals surface area (Å²) in [4.78, 5) is 14.3. The Bertz CT molecular complexity index is 341. The summed E-state index contributed by atoms with van der Waals surface area (Å²) in [5.74, 6) is -0.261. The number of aliphatic imine (C=N–C) groups is 1. The molecule has 0 amide bonds. The molecule has 0 spiro atoms. The molecule has 0 fully saturated rings. The fourth-order valence-electron chi connectivity index (χ4n) is 1.04. The van der Waals surface area contributed by atoms with Crippen LogP contribution in [0.25, 0.3) is 0 Å². The monoisotopic (exact) mass is 181 g/mol. The maximum Gasteiger partial charge on any atom is 0.332 e. The van der Waals surface area contributed by atoms with E-state index >= 15 is 0 Å². The molecule has 0 aromatic carbocycles. The third kappa shape index (κ3) is 1.40. The highest BCUT2D eigenvalue weighted by atomic mass is 16.5. The van der Waals surface area contributed by atoms with E-state index in [1.807, 2.05) is 0 Å². The van der Waals surface area contributed by atoms with Crippen LogP contribution in [0, 0.1) is 0 Å². The summed E-state index contributed by atoms with van der Waals surface area (Å²) in [6.07, 6.45) is 1.48. The second-order valence-electron chi connectivity index (χ2n) is 2.58. The van der Waals surface area contributed by atoms with Crippen molar-refractivity contribution in [2.24, 2.45) is 4.99 Å². The average Bonchev–Trinajstić information content (AvgIpc) is 2.75. The van der Waals surface area contributed by atoms with E-state index < -0.39 is 12.0 Å². The van der Waals surface area contributed by atoms with Gasteiger partial charge in [0.25, 0.3) is 5.90 Å². The average molecular weight is 181 g/mol. The van der Waals surface area contributed by atoms with Crippen molar-refractivity contribution in [1.29, 1.82) is 0 Å². The third-order valence-electron chi connectivity index (χ3n) is 1.67. The number of carboxylic acid groups (broad SMARTS) is 1. The third-order valence-corrected chi connectivity index (χ3v) is 1.67. The molecular formula is C8H7NO4. The molecule has 0 saturated carbocycles. The summed E-state index contributed by atoms with van der Waals surface area (Å²) >= 11 is 0. The summed E-state index contributed by atoms with van der Waals surface area (Å²) in [6, 6.07) is 2.55. The maximum atomic E-state index is 10.5. The van der Waals surface area contributed by atoms with Gasteiger partial charge < -0.3 is 14.3 Å². The van der Waals surface area contributed by atoms with E-state index in [4.69, 9.17) is 14.3 Å². The zero-order chi connectivity index (χ0) is 9.26. The zero-order valence-electron chi connectivity index (χ0n) is 6.64. The number of rotatable bonds is 2. The largest absolute Gasteiger partial charge is 0.480 e. The van der Waals surface area contributed by atoms with Crippen molar-refractivity contribution in [2.45, 2.75) is 6.04 Å². The Morgan fingerprint density at radius 1 is 1.69 bits per heavy atom. The Kier molecular flexibility index (Phi) is 1.77. The summed E-state index contributed by atoms with van der Waals surface area (Å²) in [5.41, 5.74) is 0. The predicted octanol–water partition coefficient (Wildman–Crippen LogP) is 0.510. The van der Waals surface area contributed by atoms with Gasteiger partial charge in [0.15, 0.2) is 11.8 Å². The molecule has 2 heterocycles. The Morgan fingerprint density at radius 3 is 3.08 bits per heavy atom. The van der Waals surface area contributed by atoms with Gasteiger partial charge in [-0.15, -0.1) is 0 Å². The van der Waals surface area contributed by atoms with Crippen molar-refractivity contribution >= 4 is 11.9 Å². The van der Waals surface area contributed by atoms with Crippen molar-refractivity contribution in [1.82, 2.24) is 0 Å². The topological polar surface area (TPSA) is 72.0 Å². The van der Waals surface area contributed by atoms with Gasteiger partial charge in [0.1, 0.15) is 6.61 Å². The molecule has 1 aliphatic rings. The van der Waals surface area contributed by atoms with Gasteiger partial charge in [-0.2, -0.15) is 0 Å². The Balaban J connectivity index is 2.20. The smallest absolute Gasteiger partial charge is 0.332 e. The molecule has 2 rings (SSSR count). The van der Waals surface area contributed by atoms with Gasteiger partial charge >= 0.3 is 5.97 Å². The molecule has 0 bridgehead atoms. The number of hydrogen-bond donors (Lipinski definition) is 1. The standard InChI is InChI=1S/C8H7NO4/c10-8(11)5-4-13-7(9-5)6-2-1-3-12-6/h1-3,5H,4H2,(H,10,11). The SMILES string of the molecule is O=C(O)C1COC(c2ccco2)=N1. The highest BCUT2D eigenvalue weighted by Gasteiger charge is 2.26. The Morgan fingerprint density at radius 2 is 2.54 bits per heavy atom. The summed E-state index contributed by atoms with van der Waals surface area (Å²) in [5, 5.41) is 8.61. The minimum Gasteiger partial charge on any atom is -0.480 e. The molecule has 68 valence electrons. The summed E-state index contributed by atoms with van der Waals surface area (Å²) in [6.45, 7) is 0.0748. The van der Waals surface area contributed by atoms with Crippen molar-refractivity contribution < 1.29 is 19.1 Å². The number of furan rings is 1. The van der Waals surface area contributed by atoms with E-state index in [0.717, 1.165) is 0 Å². The van der Waals surface area contributed by atoms with E-state index in [0.29, 0.717) is 5.76 Å². The van der Waals surface area contributed by atoms with Gasteiger partial charge in [0.05, 0.1) is 6.26 Å². The summed E-state index contributed by atoms with van der Waals surface area (Å²) in [7, 11) is 0. The number of carboxylic acids is 1. The molecule has 1 aliphatic heterocycles. The van der Waals surface area contributed by atoms with Crippen LogP contribution in [0.5, 0.6) is 0 Å². The lowest BCUT2D eigenvalue weighted by molar-refractivity contribution is -0.138. The Hall–Kier alpha value is -1.78. The first kappa shape index (κ1) is 7.85. The van der Waals surface area contributed by atoms with Crippen LogP contribution in [0.4, 0.5) is 0 Å². The molecule has 1 aromatic rings. The van der Waals surface area contributed by atoms with E-state index in [9.17, 15) is 4.79 Å². The van der Waals surface area contributed by atoms with Gasteiger partial charge in [-0.1, -0.05) is 0 Å². The van der Waals surface area contributed by atoms with Crippen LogP contribution in [-0.2, 0) is 9.53 Å². The number of ether oxygens (including phenoxy) is 1. The van der Waals surface area contributed by atoms with E-state index in [1.54, 1.807) is 12.1 Å². The second-order valence-corrected chi connectivity index (χ2v) is 2.58. The van der Waals surface area contributed by atoms with Crippen molar-refractivity contribution in [3.05, 3.63) is 24.2 Å². The van der Waals surface area contributed by atoms with Gasteiger partial charge in [0, 0.05) is 0 Å². The molecule has 0 saturated heterocycles. The molecule has 1 unspecified atom stereocenters. The fourth-order valence-corrected chi connectivity index (χ4v) is 1.04. The van der Waals surface area contributed by atoms with Crippen LogP contribution >= 0.6 is 0 Å². The molecule has 5 nitrogen and oxygen atoms in total. The zero-order valence-corrected chi connectivity index (χ0v) is 6.64. The lowest BCUT2D eigenvalue weighted by Crippen LogP contribution is -2.18. The minimum atomic E-state index is -0.985. The highest BCUT2D eigenvalue weighted by molar-refractivity contribution is 5.95. The Labute approximate surface area is 73.6 Å². The van der Waals surface area contributed by atoms with Gasteiger partial charge in [-0.25, -0.2) is 9.79 Å². The molecule has 5 heteroatoms. The number of nitrogens with zero attached hydrogens (tertiary/aromatic N) is 1. The first-order valence-corrected chi connectivity index (χ1v) is 3.74. The fraction of sp³-hybridized carbons (Fsp3) is 0.250. The molecular weight excluding hydrogens is 174 g/mol. The first-order valence-electron chi connectivity index (χ1n) is 3.74. The van der Waals surface area contributed by atoms with Gasteiger partial charge in [-0.05, 0) is 12.1 Å². The van der Waals surface area contributed by atoms with E-state index in [1.165, 1.54) is 6.26 Å². The molecule has 13 heavy (non-hydrogen) atoms. The lowest BCUT2D eigenvalue weighted by atomic mass is 10.3. The molecule has 0 radical (unpaired) electrons. The van der Waals surface area contributed by atoms with Crippen molar-refractivity contribution in [3.63, 3.8) is 0 Å². The quantitative estimate of drug-likeness (QED) is 0.721. The predicted molar refractivity (Wildman–Crippen MR) is 42.6 cm³/mol. The normalized spacial score (nSPS) is 20.9. The van der Waals surface area contributed by atoms with Crippen LogP contribution in [0.2, 0.25) is 0 Å². The van der Waals surface area contributed by atoms with Crippen LogP contribution < -0.4 is 0 Å².